The topological polar surface area (TPSA) is 29.1 Å². The Labute approximate surface area is 106 Å². The highest BCUT2D eigenvalue weighted by Gasteiger charge is 2.64. The van der Waals surface area contributed by atoms with E-state index in [1.807, 2.05) is 36.4 Å². The van der Waals surface area contributed by atoms with Gasteiger partial charge in [-0.3, -0.25) is 4.79 Å². The van der Waals surface area contributed by atoms with Crippen LogP contribution in [0.2, 0.25) is 0 Å². The molecule has 2 heteroatoms. The summed E-state index contributed by atoms with van der Waals surface area (Å²) in [6.07, 6.45) is 0.930. The molecule has 1 heterocycles. The highest BCUT2D eigenvalue weighted by molar-refractivity contribution is 6.09. The fourth-order valence-electron chi connectivity index (χ4n) is 3.24. The van der Waals surface area contributed by atoms with Gasteiger partial charge in [0.15, 0.2) is 0 Å². The second-order valence-corrected chi connectivity index (χ2v) is 5.14. The molecule has 1 aliphatic heterocycles. The Hall–Kier alpha value is -2.09. The third-order valence-electron chi connectivity index (χ3n) is 4.22. The van der Waals surface area contributed by atoms with Gasteiger partial charge in [0.1, 0.15) is 0 Å². The van der Waals surface area contributed by atoms with Gasteiger partial charge in [0, 0.05) is 11.6 Å². The van der Waals surface area contributed by atoms with Crippen molar-refractivity contribution < 1.29 is 4.79 Å². The Bertz CT molecular complexity index is 635. The molecule has 1 fully saturated rings. The summed E-state index contributed by atoms with van der Waals surface area (Å²) >= 11 is 0. The number of rotatable bonds is 1. The molecule has 2 aromatic rings. The highest BCUT2D eigenvalue weighted by atomic mass is 16.2. The molecule has 0 aromatic heterocycles. The Morgan fingerprint density at radius 1 is 1.00 bits per heavy atom. The van der Waals surface area contributed by atoms with Crippen molar-refractivity contribution in [3.8, 4) is 0 Å². The van der Waals surface area contributed by atoms with Crippen LogP contribution in [0, 0.1) is 0 Å². The van der Waals surface area contributed by atoms with Gasteiger partial charge in [-0.25, -0.2) is 0 Å². The molecule has 2 aromatic carbocycles. The van der Waals surface area contributed by atoms with Crippen LogP contribution in [0.15, 0.2) is 54.6 Å². The summed E-state index contributed by atoms with van der Waals surface area (Å²) in [6.45, 7) is 0. The van der Waals surface area contributed by atoms with Crippen LogP contribution in [0.5, 0.6) is 0 Å². The molecule has 1 N–H and O–H groups in total. The van der Waals surface area contributed by atoms with Gasteiger partial charge in [0.25, 0.3) is 0 Å². The summed E-state index contributed by atoms with van der Waals surface area (Å²) < 4.78 is 0. The molecule has 0 radical (unpaired) electrons. The fourth-order valence-corrected chi connectivity index (χ4v) is 3.24. The summed E-state index contributed by atoms with van der Waals surface area (Å²) in [4.78, 5) is 12.3. The quantitative estimate of drug-likeness (QED) is 0.808. The number of anilines is 1. The van der Waals surface area contributed by atoms with E-state index in [-0.39, 0.29) is 11.3 Å². The molecular weight excluding hydrogens is 222 g/mol. The lowest BCUT2D eigenvalue weighted by molar-refractivity contribution is -0.118. The zero-order chi connectivity index (χ0) is 12.2. The second kappa shape index (κ2) is 3.22. The Morgan fingerprint density at radius 3 is 2.56 bits per heavy atom. The SMILES string of the molecule is O=C1Nc2ccccc2[C@]12C[C@H]2c1ccccc1. The smallest absolute Gasteiger partial charge is 0.235 e. The van der Waals surface area contributed by atoms with Crippen molar-refractivity contribution in [1.82, 2.24) is 0 Å². The largest absolute Gasteiger partial charge is 0.325 e. The van der Waals surface area contributed by atoms with Gasteiger partial charge in [-0.2, -0.15) is 0 Å². The molecule has 1 spiro atoms. The average molecular weight is 235 g/mol. The number of carbonyl (C=O) groups is 1. The van der Waals surface area contributed by atoms with E-state index in [1.165, 1.54) is 11.1 Å². The van der Waals surface area contributed by atoms with Gasteiger partial charge >= 0.3 is 0 Å². The van der Waals surface area contributed by atoms with E-state index in [0.29, 0.717) is 5.92 Å². The van der Waals surface area contributed by atoms with Crippen molar-refractivity contribution in [2.45, 2.75) is 17.8 Å². The monoisotopic (exact) mass is 235 g/mol. The summed E-state index contributed by atoms with van der Waals surface area (Å²) in [5, 5.41) is 3.01. The van der Waals surface area contributed by atoms with Crippen molar-refractivity contribution >= 4 is 11.6 Å². The van der Waals surface area contributed by atoms with E-state index in [9.17, 15) is 4.79 Å². The number of carbonyl (C=O) groups excluding carboxylic acids is 1. The summed E-state index contributed by atoms with van der Waals surface area (Å²) in [6, 6.07) is 18.4. The van der Waals surface area contributed by atoms with Gasteiger partial charge < -0.3 is 5.32 Å². The molecular formula is C16H13NO. The van der Waals surface area contributed by atoms with Gasteiger partial charge in [-0.15, -0.1) is 0 Å². The van der Waals surface area contributed by atoms with Crippen LogP contribution in [0.4, 0.5) is 5.69 Å². The number of amides is 1. The number of hydrogen-bond donors (Lipinski definition) is 1. The molecule has 1 amide bonds. The van der Waals surface area contributed by atoms with Crippen LogP contribution in [-0.2, 0) is 10.2 Å². The lowest BCUT2D eigenvalue weighted by atomic mass is 9.92. The van der Waals surface area contributed by atoms with Crippen molar-refractivity contribution in [2.24, 2.45) is 0 Å². The van der Waals surface area contributed by atoms with Crippen molar-refractivity contribution in [1.29, 1.82) is 0 Å². The molecule has 18 heavy (non-hydrogen) atoms. The zero-order valence-corrected chi connectivity index (χ0v) is 9.89. The van der Waals surface area contributed by atoms with Crippen LogP contribution in [-0.4, -0.2) is 5.91 Å². The molecule has 2 aliphatic rings. The minimum atomic E-state index is -0.294. The average Bonchev–Trinajstić information content (AvgIpc) is 3.10. The van der Waals surface area contributed by atoms with Crippen LogP contribution in [0.25, 0.3) is 0 Å². The number of benzene rings is 2. The van der Waals surface area contributed by atoms with Gasteiger partial charge in [0.05, 0.1) is 5.41 Å². The summed E-state index contributed by atoms with van der Waals surface area (Å²) in [7, 11) is 0. The number of nitrogens with one attached hydrogen (secondary N) is 1. The Balaban J connectivity index is 1.81. The van der Waals surface area contributed by atoms with Crippen LogP contribution in [0.3, 0.4) is 0 Å². The predicted molar refractivity (Wildman–Crippen MR) is 70.5 cm³/mol. The zero-order valence-electron chi connectivity index (χ0n) is 9.89. The molecule has 88 valence electrons. The third-order valence-corrected chi connectivity index (χ3v) is 4.22. The number of fused-ring (bicyclic) bond motifs is 2. The maximum atomic E-state index is 12.3. The van der Waals surface area contributed by atoms with Crippen molar-refractivity contribution in [2.75, 3.05) is 5.32 Å². The van der Waals surface area contributed by atoms with Gasteiger partial charge in [-0.1, -0.05) is 48.5 Å². The van der Waals surface area contributed by atoms with Crippen molar-refractivity contribution in [3.63, 3.8) is 0 Å². The molecule has 2 atom stereocenters. The van der Waals surface area contributed by atoms with Gasteiger partial charge in [0.2, 0.25) is 5.91 Å². The van der Waals surface area contributed by atoms with E-state index in [0.717, 1.165) is 12.1 Å². The van der Waals surface area contributed by atoms with Crippen molar-refractivity contribution in [3.05, 3.63) is 65.7 Å². The standard InChI is InChI=1S/C16H13NO/c18-15-16(12-8-4-5-9-14(12)17-15)10-13(16)11-6-2-1-3-7-11/h1-9,13H,10H2,(H,17,18)/t13-,16-/m0/s1. The molecule has 0 unspecified atom stereocenters. The highest BCUT2D eigenvalue weighted by Crippen LogP contribution is 2.64. The first-order valence-corrected chi connectivity index (χ1v) is 6.28. The second-order valence-electron chi connectivity index (χ2n) is 5.14. The van der Waals surface area contributed by atoms with E-state index in [1.54, 1.807) is 0 Å². The first-order chi connectivity index (χ1) is 8.82. The normalized spacial score (nSPS) is 28.0. The number of hydrogen-bond acceptors (Lipinski definition) is 1. The molecule has 0 bridgehead atoms. The van der Waals surface area contributed by atoms with Crippen LogP contribution >= 0.6 is 0 Å². The third kappa shape index (κ3) is 1.10. The predicted octanol–water partition coefficient (Wildman–Crippen LogP) is 3.06. The molecule has 2 nitrogen and oxygen atoms in total. The maximum absolute atomic E-state index is 12.3. The minimum Gasteiger partial charge on any atom is -0.325 e. The van der Waals surface area contributed by atoms with E-state index in [4.69, 9.17) is 0 Å². The minimum absolute atomic E-state index is 0.164. The molecule has 1 aliphatic carbocycles. The summed E-state index contributed by atoms with van der Waals surface area (Å²) in [5.41, 5.74) is 3.13. The molecule has 1 saturated carbocycles. The van der Waals surface area contributed by atoms with E-state index < -0.39 is 0 Å². The lowest BCUT2D eigenvalue weighted by Gasteiger charge is -2.08. The first-order valence-electron chi connectivity index (χ1n) is 6.28. The Kier molecular flexibility index (Phi) is 1.77. The van der Waals surface area contributed by atoms with Crippen LogP contribution in [0.1, 0.15) is 23.5 Å². The molecule has 0 saturated heterocycles. The molecule has 4 rings (SSSR count). The van der Waals surface area contributed by atoms with E-state index in [2.05, 4.69) is 23.5 Å². The first kappa shape index (κ1) is 9.89. The maximum Gasteiger partial charge on any atom is 0.235 e. The van der Waals surface area contributed by atoms with Crippen LogP contribution < -0.4 is 5.32 Å². The number of para-hydroxylation sites is 1. The van der Waals surface area contributed by atoms with Gasteiger partial charge in [-0.05, 0) is 23.6 Å². The fraction of sp³-hybridized carbons (Fsp3) is 0.188. The van der Waals surface area contributed by atoms with E-state index >= 15 is 0 Å². The lowest BCUT2D eigenvalue weighted by Crippen LogP contribution is -2.20. The Morgan fingerprint density at radius 2 is 1.72 bits per heavy atom. The summed E-state index contributed by atoms with van der Waals surface area (Å²) in [5.74, 6) is 0.500.